The van der Waals surface area contributed by atoms with E-state index >= 15 is 0 Å². The number of carbonyl (C=O) groups excluding carboxylic acids is 1. The Kier molecular flexibility index (Phi) is 5.39. The van der Waals surface area contributed by atoms with Crippen molar-refractivity contribution < 1.29 is 14.3 Å². The van der Waals surface area contributed by atoms with Crippen LogP contribution in [-0.2, 0) is 11.2 Å². The fourth-order valence-electron chi connectivity index (χ4n) is 1.81. The van der Waals surface area contributed by atoms with E-state index in [2.05, 4.69) is 22.9 Å². The summed E-state index contributed by atoms with van der Waals surface area (Å²) in [6, 6.07) is 13.1. The molecule has 110 valence electrons. The van der Waals surface area contributed by atoms with Crippen LogP contribution < -0.4 is 9.47 Å². The molecule has 4 heteroatoms. The molecule has 2 rings (SSSR count). The first kappa shape index (κ1) is 15.6. The minimum Gasteiger partial charge on any atom is -0.482 e. The Bertz CT molecular complexity index is 620. The molecule has 0 radical (unpaired) electrons. The first-order valence-corrected chi connectivity index (χ1v) is 7.56. The lowest BCUT2D eigenvalue weighted by Gasteiger charge is -2.08. The third-order valence-electron chi connectivity index (χ3n) is 3.05. The number of aryl methyl sites for hydroxylation is 2. The Morgan fingerprint density at radius 2 is 1.76 bits per heavy atom. The highest BCUT2D eigenvalue weighted by molar-refractivity contribution is 9.10. The SMILES string of the molecule is CCc1ccc(OCC(=O)Oc2ccc(Br)c(C)c2)cc1. The number of rotatable bonds is 5. The molecule has 0 spiro atoms. The van der Waals surface area contributed by atoms with Crippen molar-refractivity contribution in [3.63, 3.8) is 0 Å². The molecule has 0 saturated heterocycles. The topological polar surface area (TPSA) is 35.5 Å². The van der Waals surface area contributed by atoms with E-state index in [1.807, 2.05) is 37.3 Å². The van der Waals surface area contributed by atoms with Crippen molar-refractivity contribution in [2.24, 2.45) is 0 Å². The first-order valence-electron chi connectivity index (χ1n) is 6.77. The number of esters is 1. The van der Waals surface area contributed by atoms with Gasteiger partial charge in [-0.1, -0.05) is 35.0 Å². The summed E-state index contributed by atoms with van der Waals surface area (Å²) in [4.78, 5) is 11.7. The van der Waals surface area contributed by atoms with E-state index in [4.69, 9.17) is 9.47 Å². The van der Waals surface area contributed by atoms with Crippen molar-refractivity contribution in [2.75, 3.05) is 6.61 Å². The van der Waals surface area contributed by atoms with Gasteiger partial charge in [0.2, 0.25) is 0 Å². The molecule has 0 aromatic heterocycles. The van der Waals surface area contributed by atoms with Crippen LogP contribution in [0.1, 0.15) is 18.1 Å². The third-order valence-corrected chi connectivity index (χ3v) is 3.94. The van der Waals surface area contributed by atoms with E-state index in [-0.39, 0.29) is 6.61 Å². The van der Waals surface area contributed by atoms with Crippen molar-refractivity contribution in [3.05, 3.63) is 58.1 Å². The molecular formula is C17H17BrO3. The highest BCUT2D eigenvalue weighted by Crippen LogP contribution is 2.21. The number of hydrogen-bond donors (Lipinski definition) is 0. The van der Waals surface area contributed by atoms with Crippen molar-refractivity contribution in [1.29, 1.82) is 0 Å². The molecule has 0 fully saturated rings. The van der Waals surface area contributed by atoms with E-state index in [9.17, 15) is 4.79 Å². The van der Waals surface area contributed by atoms with Crippen LogP contribution in [0.15, 0.2) is 46.9 Å². The Hall–Kier alpha value is -1.81. The summed E-state index contributed by atoms with van der Waals surface area (Å²) in [6.07, 6.45) is 0.977. The van der Waals surface area contributed by atoms with Crippen molar-refractivity contribution >= 4 is 21.9 Å². The summed E-state index contributed by atoms with van der Waals surface area (Å²) in [7, 11) is 0. The molecule has 0 saturated carbocycles. The molecule has 0 heterocycles. The summed E-state index contributed by atoms with van der Waals surface area (Å²) in [5, 5.41) is 0. The van der Waals surface area contributed by atoms with Crippen LogP contribution in [0.3, 0.4) is 0 Å². The van der Waals surface area contributed by atoms with Gasteiger partial charge in [-0.25, -0.2) is 4.79 Å². The van der Waals surface area contributed by atoms with Crippen LogP contribution in [-0.4, -0.2) is 12.6 Å². The predicted molar refractivity (Wildman–Crippen MR) is 85.8 cm³/mol. The average molecular weight is 349 g/mol. The van der Waals surface area contributed by atoms with Gasteiger partial charge in [0.1, 0.15) is 11.5 Å². The lowest BCUT2D eigenvalue weighted by Crippen LogP contribution is -2.17. The monoisotopic (exact) mass is 348 g/mol. The van der Waals surface area contributed by atoms with Gasteiger partial charge in [0.05, 0.1) is 0 Å². The van der Waals surface area contributed by atoms with Crippen LogP contribution in [0.5, 0.6) is 11.5 Å². The van der Waals surface area contributed by atoms with Gasteiger partial charge < -0.3 is 9.47 Å². The van der Waals surface area contributed by atoms with E-state index in [1.165, 1.54) is 5.56 Å². The normalized spacial score (nSPS) is 10.2. The largest absolute Gasteiger partial charge is 0.482 e. The fourth-order valence-corrected chi connectivity index (χ4v) is 2.05. The minimum atomic E-state index is -0.420. The zero-order chi connectivity index (χ0) is 15.2. The minimum absolute atomic E-state index is 0.111. The van der Waals surface area contributed by atoms with Gasteiger partial charge in [0, 0.05) is 4.47 Å². The second kappa shape index (κ2) is 7.27. The van der Waals surface area contributed by atoms with Crippen molar-refractivity contribution in [2.45, 2.75) is 20.3 Å². The summed E-state index contributed by atoms with van der Waals surface area (Å²) >= 11 is 3.40. The number of carbonyl (C=O) groups is 1. The van der Waals surface area contributed by atoms with Gasteiger partial charge >= 0.3 is 5.97 Å². The lowest BCUT2D eigenvalue weighted by molar-refractivity contribution is -0.136. The summed E-state index contributed by atoms with van der Waals surface area (Å²) < 4.78 is 11.6. The van der Waals surface area contributed by atoms with Crippen molar-refractivity contribution in [3.8, 4) is 11.5 Å². The second-order valence-corrected chi connectivity index (χ2v) is 5.53. The average Bonchev–Trinajstić information content (AvgIpc) is 2.49. The van der Waals surface area contributed by atoms with Crippen LogP contribution in [0.4, 0.5) is 0 Å². The predicted octanol–water partition coefficient (Wildman–Crippen LogP) is 4.30. The molecule has 3 nitrogen and oxygen atoms in total. The zero-order valence-corrected chi connectivity index (χ0v) is 13.6. The van der Waals surface area contributed by atoms with Crippen LogP contribution in [0.2, 0.25) is 0 Å². The molecule has 0 unspecified atom stereocenters. The van der Waals surface area contributed by atoms with Crippen LogP contribution in [0, 0.1) is 6.92 Å². The smallest absolute Gasteiger partial charge is 0.349 e. The number of halogens is 1. The second-order valence-electron chi connectivity index (χ2n) is 4.67. The maximum atomic E-state index is 11.7. The van der Waals surface area contributed by atoms with Crippen LogP contribution in [0.25, 0.3) is 0 Å². The quantitative estimate of drug-likeness (QED) is 0.596. The molecule has 0 bridgehead atoms. The third kappa shape index (κ3) is 4.60. The van der Waals surface area contributed by atoms with E-state index in [0.717, 1.165) is 16.5 Å². The van der Waals surface area contributed by atoms with Crippen LogP contribution >= 0.6 is 15.9 Å². The Morgan fingerprint density at radius 1 is 1.10 bits per heavy atom. The highest BCUT2D eigenvalue weighted by atomic mass is 79.9. The summed E-state index contributed by atoms with van der Waals surface area (Å²) in [5.74, 6) is 0.762. The molecular weight excluding hydrogens is 332 g/mol. The van der Waals surface area contributed by atoms with Gasteiger partial charge in [0.15, 0.2) is 6.61 Å². The zero-order valence-electron chi connectivity index (χ0n) is 12.1. The highest BCUT2D eigenvalue weighted by Gasteiger charge is 2.07. The van der Waals surface area contributed by atoms with Gasteiger partial charge in [-0.05, 0) is 54.8 Å². The van der Waals surface area contributed by atoms with Gasteiger partial charge in [0.25, 0.3) is 0 Å². The Morgan fingerprint density at radius 3 is 2.38 bits per heavy atom. The first-order chi connectivity index (χ1) is 10.1. The lowest BCUT2D eigenvalue weighted by atomic mass is 10.2. The van der Waals surface area contributed by atoms with Gasteiger partial charge in [-0.2, -0.15) is 0 Å². The summed E-state index contributed by atoms with van der Waals surface area (Å²) in [5.41, 5.74) is 2.24. The molecule has 0 amide bonds. The number of ether oxygens (including phenoxy) is 2. The maximum absolute atomic E-state index is 11.7. The molecule has 0 N–H and O–H groups in total. The molecule has 0 atom stereocenters. The molecule has 0 aliphatic carbocycles. The Balaban J connectivity index is 1.87. The van der Waals surface area contributed by atoms with E-state index < -0.39 is 5.97 Å². The standard InChI is InChI=1S/C17H17BrO3/c1-3-13-4-6-14(7-5-13)20-11-17(19)21-15-8-9-16(18)12(2)10-15/h4-10H,3,11H2,1-2H3. The van der Waals surface area contributed by atoms with E-state index in [0.29, 0.717) is 11.5 Å². The summed E-state index contributed by atoms with van der Waals surface area (Å²) in [6.45, 7) is 3.92. The van der Waals surface area contributed by atoms with E-state index in [1.54, 1.807) is 12.1 Å². The number of hydrogen-bond acceptors (Lipinski definition) is 3. The molecule has 2 aromatic rings. The molecule has 0 aliphatic rings. The number of benzene rings is 2. The molecule has 21 heavy (non-hydrogen) atoms. The molecule has 0 aliphatic heterocycles. The molecule has 2 aromatic carbocycles. The Labute approximate surface area is 133 Å². The van der Waals surface area contributed by atoms with Gasteiger partial charge in [-0.15, -0.1) is 0 Å². The maximum Gasteiger partial charge on any atom is 0.349 e. The van der Waals surface area contributed by atoms with Crippen molar-refractivity contribution in [1.82, 2.24) is 0 Å². The fraction of sp³-hybridized carbons (Fsp3) is 0.235. The van der Waals surface area contributed by atoms with Gasteiger partial charge in [-0.3, -0.25) is 0 Å².